The molecule has 2 heterocycles. The minimum atomic E-state index is 0.727. The highest BCUT2D eigenvalue weighted by Gasteiger charge is 2.12. The Morgan fingerprint density at radius 2 is 1.61 bits per heavy atom. The van der Waals surface area contributed by atoms with Crippen LogP contribution in [0.5, 0.6) is 0 Å². The molecule has 0 spiro atoms. The Balaban J connectivity index is 1.67. The smallest absolute Gasteiger partial charge is 0.160 e. The van der Waals surface area contributed by atoms with E-state index < -0.39 is 0 Å². The lowest BCUT2D eigenvalue weighted by molar-refractivity contribution is 0.817. The second-order valence-corrected chi connectivity index (χ2v) is 7.10. The Morgan fingerprint density at radius 1 is 0.893 bits per heavy atom. The minimum absolute atomic E-state index is 0.727. The number of nitrogens with one attached hydrogen (secondary N) is 2. The van der Waals surface area contributed by atoms with E-state index in [1.807, 2.05) is 24.7 Å². The van der Waals surface area contributed by atoms with Crippen LogP contribution in [0.1, 0.15) is 22.3 Å². The average molecular weight is 371 g/mol. The Labute approximate surface area is 165 Å². The summed E-state index contributed by atoms with van der Waals surface area (Å²) in [6, 6.07) is 19.1. The van der Waals surface area contributed by atoms with E-state index in [4.69, 9.17) is 4.98 Å². The quantitative estimate of drug-likeness (QED) is 0.529. The van der Waals surface area contributed by atoms with Crippen LogP contribution in [0.4, 0.5) is 5.82 Å². The fraction of sp³-hybridized carbons (Fsp3) is 0.217. The molecule has 0 aliphatic heterocycles. The molecule has 0 radical (unpaired) electrons. The van der Waals surface area contributed by atoms with E-state index in [-0.39, 0.29) is 0 Å². The molecule has 0 saturated heterocycles. The second-order valence-electron chi connectivity index (χ2n) is 7.10. The number of aryl methyl sites for hydroxylation is 2. The first-order valence-electron chi connectivity index (χ1n) is 9.53. The van der Waals surface area contributed by atoms with E-state index in [0.29, 0.717) is 0 Å². The van der Waals surface area contributed by atoms with Crippen molar-refractivity contribution in [2.75, 3.05) is 12.4 Å². The molecule has 142 valence electrons. The van der Waals surface area contributed by atoms with Crippen molar-refractivity contribution in [2.45, 2.75) is 26.9 Å². The van der Waals surface area contributed by atoms with Crippen LogP contribution >= 0.6 is 0 Å². The first-order valence-corrected chi connectivity index (χ1v) is 9.53. The van der Waals surface area contributed by atoms with Crippen molar-refractivity contribution in [3.8, 4) is 11.3 Å². The van der Waals surface area contributed by atoms with Crippen LogP contribution in [0.3, 0.4) is 0 Å². The molecule has 28 heavy (non-hydrogen) atoms. The van der Waals surface area contributed by atoms with Crippen molar-refractivity contribution < 1.29 is 0 Å². The number of hydrogen-bond acceptors (Lipinski definition) is 4. The monoisotopic (exact) mass is 371 g/mol. The van der Waals surface area contributed by atoms with Gasteiger partial charge in [0.15, 0.2) is 5.65 Å². The van der Waals surface area contributed by atoms with Crippen LogP contribution in [0.15, 0.2) is 60.8 Å². The molecule has 0 aliphatic carbocycles. The summed E-state index contributed by atoms with van der Waals surface area (Å²) in [4.78, 5) is 4.87. The molecule has 5 heteroatoms. The van der Waals surface area contributed by atoms with Gasteiger partial charge in [-0.25, -0.2) is 4.98 Å². The Hall–Kier alpha value is -3.18. The fourth-order valence-electron chi connectivity index (χ4n) is 3.37. The lowest BCUT2D eigenvalue weighted by Crippen LogP contribution is -2.08. The molecular formula is C23H25N5. The molecule has 2 aromatic carbocycles. The van der Waals surface area contributed by atoms with Crippen LogP contribution in [-0.2, 0) is 13.1 Å². The number of benzene rings is 2. The normalized spacial score (nSPS) is 11.1. The van der Waals surface area contributed by atoms with Crippen LogP contribution in [0, 0.1) is 13.8 Å². The average Bonchev–Trinajstić information content (AvgIpc) is 3.09. The van der Waals surface area contributed by atoms with Crippen molar-refractivity contribution in [1.82, 2.24) is 19.9 Å². The van der Waals surface area contributed by atoms with Gasteiger partial charge in [0.2, 0.25) is 0 Å². The summed E-state index contributed by atoms with van der Waals surface area (Å²) >= 11 is 0. The van der Waals surface area contributed by atoms with Crippen LogP contribution < -0.4 is 10.6 Å². The van der Waals surface area contributed by atoms with Crippen molar-refractivity contribution >= 4 is 11.5 Å². The number of fused-ring (bicyclic) bond motifs is 1. The highest BCUT2D eigenvalue weighted by atomic mass is 15.3. The lowest BCUT2D eigenvalue weighted by Gasteiger charge is -2.12. The molecule has 2 N–H and O–H groups in total. The number of anilines is 1. The molecule has 0 unspecified atom stereocenters. The Kier molecular flexibility index (Phi) is 5.08. The van der Waals surface area contributed by atoms with Gasteiger partial charge in [0.1, 0.15) is 5.82 Å². The van der Waals surface area contributed by atoms with Crippen LogP contribution in [0.25, 0.3) is 16.9 Å². The van der Waals surface area contributed by atoms with E-state index in [1.165, 1.54) is 16.7 Å². The third-order valence-electron chi connectivity index (χ3n) is 4.95. The first kappa shape index (κ1) is 18.2. The molecule has 0 atom stereocenters. The third kappa shape index (κ3) is 3.62. The lowest BCUT2D eigenvalue weighted by atomic mass is 10.1. The molecule has 4 aromatic rings. The first-order chi connectivity index (χ1) is 13.7. The van der Waals surface area contributed by atoms with E-state index in [2.05, 4.69) is 77.3 Å². The summed E-state index contributed by atoms with van der Waals surface area (Å²) in [5, 5.41) is 11.2. The van der Waals surface area contributed by atoms with Gasteiger partial charge >= 0.3 is 0 Å². The number of nitrogens with zero attached hydrogens (tertiary/aromatic N) is 3. The van der Waals surface area contributed by atoms with E-state index in [1.54, 1.807) is 0 Å². The van der Waals surface area contributed by atoms with Gasteiger partial charge in [-0.05, 0) is 37.6 Å². The van der Waals surface area contributed by atoms with Gasteiger partial charge in [-0.15, -0.1) is 0 Å². The summed E-state index contributed by atoms with van der Waals surface area (Å²) in [6.45, 7) is 5.77. The van der Waals surface area contributed by atoms with Gasteiger partial charge in [0.25, 0.3) is 0 Å². The maximum atomic E-state index is 4.87. The summed E-state index contributed by atoms with van der Waals surface area (Å²) in [5.74, 6) is 0.940. The maximum Gasteiger partial charge on any atom is 0.160 e. The maximum absolute atomic E-state index is 4.87. The molecule has 4 rings (SSSR count). The molecule has 0 aliphatic rings. The van der Waals surface area contributed by atoms with Gasteiger partial charge in [-0.3, -0.25) is 0 Å². The number of hydrogen-bond donors (Lipinski definition) is 2. The van der Waals surface area contributed by atoms with Crippen LogP contribution in [-0.4, -0.2) is 21.6 Å². The SMILES string of the molecule is CNCc1ccc(CNc2cc(-c3ccccc3C)nc3c(C)cnn23)cc1. The van der Waals surface area contributed by atoms with Crippen molar-refractivity contribution in [3.05, 3.63) is 83.0 Å². The standard InChI is InChI=1S/C23H25N5/c1-16-6-4-5-7-20(16)21-12-22(28-23(27-21)17(2)13-26-28)25-15-19-10-8-18(9-11-19)14-24-3/h4-13,24-25H,14-15H2,1-3H3. The summed E-state index contributed by atoms with van der Waals surface area (Å²) in [5.41, 5.74) is 7.77. The van der Waals surface area contributed by atoms with E-state index in [0.717, 1.165) is 41.4 Å². The second kappa shape index (κ2) is 7.82. The number of aromatic nitrogens is 3. The largest absolute Gasteiger partial charge is 0.366 e. The van der Waals surface area contributed by atoms with Crippen molar-refractivity contribution in [3.63, 3.8) is 0 Å². The summed E-state index contributed by atoms with van der Waals surface area (Å²) < 4.78 is 1.88. The molecule has 0 bridgehead atoms. The minimum Gasteiger partial charge on any atom is -0.366 e. The topological polar surface area (TPSA) is 54.2 Å². The molecular weight excluding hydrogens is 346 g/mol. The zero-order valence-corrected chi connectivity index (χ0v) is 16.5. The number of rotatable bonds is 6. The van der Waals surface area contributed by atoms with E-state index in [9.17, 15) is 0 Å². The highest BCUT2D eigenvalue weighted by Crippen LogP contribution is 2.26. The molecule has 0 amide bonds. The Bertz CT molecular complexity index is 1100. The molecule has 5 nitrogen and oxygen atoms in total. The summed E-state index contributed by atoms with van der Waals surface area (Å²) in [6.07, 6.45) is 1.86. The van der Waals surface area contributed by atoms with E-state index >= 15 is 0 Å². The van der Waals surface area contributed by atoms with Crippen LogP contribution in [0.2, 0.25) is 0 Å². The Morgan fingerprint density at radius 3 is 2.32 bits per heavy atom. The summed E-state index contributed by atoms with van der Waals surface area (Å²) in [7, 11) is 1.96. The predicted octanol–water partition coefficient (Wildman–Crippen LogP) is 4.34. The van der Waals surface area contributed by atoms with Gasteiger partial charge < -0.3 is 10.6 Å². The highest BCUT2D eigenvalue weighted by molar-refractivity contribution is 5.70. The van der Waals surface area contributed by atoms with Gasteiger partial charge in [0, 0.05) is 30.3 Å². The van der Waals surface area contributed by atoms with Gasteiger partial charge in [0.05, 0.1) is 11.9 Å². The zero-order chi connectivity index (χ0) is 19.5. The van der Waals surface area contributed by atoms with Crippen molar-refractivity contribution in [2.24, 2.45) is 0 Å². The van der Waals surface area contributed by atoms with Gasteiger partial charge in [-0.1, -0.05) is 48.5 Å². The van der Waals surface area contributed by atoms with Gasteiger partial charge in [-0.2, -0.15) is 9.61 Å². The molecule has 0 fully saturated rings. The molecule has 2 aromatic heterocycles. The predicted molar refractivity (Wildman–Crippen MR) is 114 cm³/mol. The third-order valence-corrected chi connectivity index (χ3v) is 4.95. The molecule has 0 saturated carbocycles. The fourth-order valence-corrected chi connectivity index (χ4v) is 3.37. The zero-order valence-electron chi connectivity index (χ0n) is 16.5. The van der Waals surface area contributed by atoms with Crippen molar-refractivity contribution in [1.29, 1.82) is 0 Å².